The summed E-state index contributed by atoms with van der Waals surface area (Å²) in [5, 5.41) is 8.34. The van der Waals surface area contributed by atoms with Crippen molar-refractivity contribution in [3.8, 4) is 0 Å². The fourth-order valence-corrected chi connectivity index (χ4v) is 4.47. The first kappa shape index (κ1) is 30.6. The molecule has 2 aromatic rings. The zero-order valence-electron chi connectivity index (χ0n) is 23.8. The van der Waals surface area contributed by atoms with Crippen LogP contribution < -0.4 is 16.0 Å². The second-order valence-electron chi connectivity index (χ2n) is 10.2. The molecule has 0 bridgehead atoms. The third kappa shape index (κ3) is 8.26. The van der Waals surface area contributed by atoms with Crippen molar-refractivity contribution >= 4 is 23.6 Å². The molecule has 4 amide bonds. The van der Waals surface area contributed by atoms with E-state index >= 15 is 0 Å². The molecule has 1 aliphatic heterocycles. The van der Waals surface area contributed by atoms with Gasteiger partial charge in [-0.1, -0.05) is 80.9 Å². The van der Waals surface area contributed by atoms with E-state index in [9.17, 15) is 19.2 Å². The van der Waals surface area contributed by atoms with Crippen LogP contribution >= 0.6 is 0 Å². The Morgan fingerprint density at radius 2 is 1.52 bits per heavy atom. The Kier molecular flexibility index (Phi) is 11.4. The summed E-state index contributed by atoms with van der Waals surface area (Å²) in [7, 11) is 1.67. The molecule has 0 aromatic heterocycles. The summed E-state index contributed by atoms with van der Waals surface area (Å²) in [5.41, 5.74) is 2.05. The van der Waals surface area contributed by atoms with Crippen LogP contribution in [0.15, 0.2) is 73.1 Å². The number of hydrogen-bond acceptors (Lipinski definition) is 5. The molecule has 0 aliphatic carbocycles. The van der Waals surface area contributed by atoms with Crippen LogP contribution in [0, 0.1) is 5.92 Å². The van der Waals surface area contributed by atoms with Crippen LogP contribution in [0.2, 0.25) is 0 Å². The van der Waals surface area contributed by atoms with E-state index in [1.54, 1.807) is 31.3 Å². The van der Waals surface area contributed by atoms with Gasteiger partial charge in [-0.3, -0.25) is 19.2 Å². The maximum atomic E-state index is 13.6. The Morgan fingerprint density at radius 1 is 0.900 bits per heavy atom. The minimum Gasteiger partial charge on any atom is -0.345 e. The normalized spacial score (nSPS) is 17.2. The lowest BCUT2D eigenvalue weighted by Gasteiger charge is -2.36. The van der Waals surface area contributed by atoms with Crippen molar-refractivity contribution < 1.29 is 19.2 Å². The number of carbonyl (C=O) groups is 4. The molecule has 0 unspecified atom stereocenters. The standard InChI is InChI=1S/C31H41N5O4/c1-5-22(2)28(34-29(38)23(3)32-4)30(39)33-21-27(37)36-19-18-35(17-16-24-12-8-6-9-13-24)31(40)26(36)20-25-14-10-7-11-15-25/h6-15,18-19,22-23,26,28,32H,5,16-17,20-21H2,1-4H3,(H,33,39)(H,34,38)/t22-,23+,26+,28+/m1/s1. The van der Waals surface area contributed by atoms with Crippen LogP contribution in [0.4, 0.5) is 0 Å². The van der Waals surface area contributed by atoms with Crippen LogP contribution in [-0.4, -0.2) is 71.7 Å². The lowest BCUT2D eigenvalue weighted by Crippen LogP contribution is -2.57. The fourth-order valence-electron chi connectivity index (χ4n) is 4.47. The number of nitrogens with zero attached hydrogens (tertiary/aromatic N) is 2. The van der Waals surface area contributed by atoms with Crippen LogP contribution in [0.5, 0.6) is 0 Å². The van der Waals surface area contributed by atoms with Gasteiger partial charge in [0.1, 0.15) is 12.1 Å². The second-order valence-corrected chi connectivity index (χ2v) is 10.2. The molecule has 9 nitrogen and oxygen atoms in total. The van der Waals surface area contributed by atoms with Gasteiger partial charge >= 0.3 is 0 Å². The van der Waals surface area contributed by atoms with E-state index in [2.05, 4.69) is 16.0 Å². The molecule has 4 atom stereocenters. The lowest BCUT2D eigenvalue weighted by atomic mass is 9.98. The van der Waals surface area contributed by atoms with Gasteiger partial charge in [0.25, 0.3) is 0 Å². The van der Waals surface area contributed by atoms with Crippen LogP contribution in [-0.2, 0) is 32.0 Å². The highest BCUT2D eigenvalue weighted by molar-refractivity contribution is 5.94. The molecule has 214 valence electrons. The summed E-state index contributed by atoms with van der Waals surface area (Å²) >= 11 is 0. The number of hydrogen-bond donors (Lipinski definition) is 3. The van der Waals surface area contributed by atoms with E-state index in [0.717, 1.165) is 11.1 Å². The molecule has 0 spiro atoms. The van der Waals surface area contributed by atoms with Crippen molar-refractivity contribution in [2.45, 2.75) is 58.2 Å². The minimum atomic E-state index is -0.784. The number of nitrogens with one attached hydrogen (secondary N) is 3. The van der Waals surface area contributed by atoms with Crippen molar-refractivity contribution in [2.75, 3.05) is 20.1 Å². The maximum absolute atomic E-state index is 13.6. The Labute approximate surface area is 237 Å². The van der Waals surface area contributed by atoms with Gasteiger partial charge < -0.3 is 25.8 Å². The average Bonchev–Trinajstić information content (AvgIpc) is 2.98. The minimum absolute atomic E-state index is 0.136. The Morgan fingerprint density at radius 3 is 2.12 bits per heavy atom. The highest BCUT2D eigenvalue weighted by atomic mass is 16.2. The van der Waals surface area contributed by atoms with Gasteiger partial charge in [0, 0.05) is 25.4 Å². The number of likely N-dealkylation sites (N-methyl/N-ethyl adjacent to an activating group) is 1. The van der Waals surface area contributed by atoms with Crippen LogP contribution in [0.3, 0.4) is 0 Å². The van der Waals surface area contributed by atoms with Gasteiger partial charge in [0.15, 0.2) is 0 Å². The highest BCUT2D eigenvalue weighted by Crippen LogP contribution is 2.19. The molecule has 3 N–H and O–H groups in total. The number of amides is 4. The summed E-state index contributed by atoms with van der Waals surface area (Å²) in [6.45, 7) is 5.72. The van der Waals surface area contributed by atoms with Crippen molar-refractivity contribution in [2.24, 2.45) is 5.92 Å². The first-order chi connectivity index (χ1) is 19.2. The fraction of sp³-hybridized carbons (Fsp3) is 0.419. The first-order valence-corrected chi connectivity index (χ1v) is 13.9. The zero-order chi connectivity index (χ0) is 29.1. The van der Waals surface area contributed by atoms with E-state index in [0.29, 0.717) is 25.8 Å². The average molecular weight is 548 g/mol. The van der Waals surface area contributed by atoms with E-state index in [1.165, 1.54) is 4.90 Å². The molecule has 0 saturated carbocycles. The molecule has 40 heavy (non-hydrogen) atoms. The maximum Gasteiger partial charge on any atom is 0.250 e. The third-order valence-corrected chi connectivity index (χ3v) is 7.39. The first-order valence-electron chi connectivity index (χ1n) is 13.9. The Bertz CT molecular complexity index is 1170. The van der Waals surface area contributed by atoms with Gasteiger partial charge in [0.05, 0.1) is 12.6 Å². The summed E-state index contributed by atoms with van der Waals surface area (Å²) < 4.78 is 0. The van der Waals surface area contributed by atoms with Crippen LogP contribution in [0.25, 0.3) is 0 Å². The molecule has 0 fully saturated rings. The molecule has 3 rings (SSSR count). The smallest absolute Gasteiger partial charge is 0.250 e. The van der Waals surface area contributed by atoms with Crippen molar-refractivity contribution in [3.63, 3.8) is 0 Å². The quantitative estimate of drug-likeness (QED) is 0.356. The monoisotopic (exact) mass is 547 g/mol. The molecule has 0 radical (unpaired) electrons. The summed E-state index contributed by atoms with van der Waals surface area (Å²) in [4.78, 5) is 55.5. The van der Waals surface area contributed by atoms with Gasteiger partial charge in [-0.25, -0.2) is 0 Å². The van der Waals surface area contributed by atoms with Crippen LogP contribution in [0.1, 0.15) is 38.3 Å². The van der Waals surface area contributed by atoms with E-state index in [4.69, 9.17) is 0 Å². The van der Waals surface area contributed by atoms with Crippen molar-refractivity contribution in [3.05, 3.63) is 84.2 Å². The lowest BCUT2D eigenvalue weighted by molar-refractivity contribution is -0.143. The number of benzene rings is 2. The molecule has 0 saturated heterocycles. The summed E-state index contributed by atoms with van der Waals surface area (Å²) in [6.07, 6.45) is 4.96. The van der Waals surface area contributed by atoms with E-state index in [1.807, 2.05) is 74.5 Å². The van der Waals surface area contributed by atoms with Crippen molar-refractivity contribution in [1.29, 1.82) is 0 Å². The second kappa shape index (κ2) is 15.0. The molecule has 2 aromatic carbocycles. The molecule has 1 aliphatic rings. The van der Waals surface area contributed by atoms with Gasteiger partial charge in [0.2, 0.25) is 23.6 Å². The topological polar surface area (TPSA) is 111 Å². The summed E-state index contributed by atoms with van der Waals surface area (Å²) in [5.74, 6) is -1.44. The predicted molar refractivity (Wildman–Crippen MR) is 155 cm³/mol. The molecule has 9 heteroatoms. The zero-order valence-corrected chi connectivity index (χ0v) is 23.8. The van der Waals surface area contributed by atoms with Gasteiger partial charge in [-0.2, -0.15) is 0 Å². The largest absolute Gasteiger partial charge is 0.345 e. The molecule has 1 heterocycles. The summed E-state index contributed by atoms with van der Waals surface area (Å²) in [6, 6.07) is 17.5. The predicted octanol–water partition coefficient (Wildman–Crippen LogP) is 2.24. The third-order valence-electron chi connectivity index (χ3n) is 7.39. The van der Waals surface area contributed by atoms with Gasteiger partial charge in [-0.15, -0.1) is 0 Å². The highest BCUT2D eigenvalue weighted by Gasteiger charge is 2.35. The Hall–Kier alpha value is -3.98. The van der Waals surface area contributed by atoms with Gasteiger partial charge in [-0.05, 0) is 37.4 Å². The molecular formula is C31H41N5O4. The van der Waals surface area contributed by atoms with Crippen molar-refractivity contribution in [1.82, 2.24) is 25.8 Å². The Balaban J connectivity index is 1.72. The van der Waals surface area contributed by atoms with E-state index < -0.39 is 29.9 Å². The molecular weight excluding hydrogens is 506 g/mol. The SMILES string of the molecule is CC[C@@H](C)[C@H](NC(=O)[C@H](C)NC)C(=O)NCC(=O)N1C=CN(CCc2ccccc2)C(=O)[C@@H]1Cc1ccccc1. The number of rotatable bonds is 13. The number of carbonyl (C=O) groups excluding carboxylic acids is 4. The van der Waals surface area contributed by atoms with E-state index in [-0.39, 0.29) is 24.3 Å².